The minimum atomic E-state index is -0.434. The monoisotopic (exact) mass is 410 g/mol. The lowest BCUT2D eigenvalue weighted by Gasteiger charge is -2.06. The Balaban J connectivity index is 1.78. The van der Waals surface area contributed by atoms with Crippen LogP contribution in [0.2, 0.25) is 0 Å². The lowest BCUT2D eigenvalue weighted by molar-refractivity contribution is -0.143. The van der Waals surface area contributed by atoms with E-state index in [1.165, 1.54) is 18.2 Å². The van der Waals surface area contributed by atoms with Gasteiger partial charge in [-0.25, -0.2) is 4.39 Å². The van der Waals surface area contributed by atoms with Crippen LogP contribution in [0.15, 0.2) is 18.2 Å². The van der Waals surface area contributed by atoms with Gasteiger partial charge in [-0.2, -0.15) is 0 Å². The van der Waals surface area contributed by atoms with Crippen molar-refractivity contribution in [1.29, 1.82) is 0 Å². The summed E-state index contributed by atoms with van der Waals surface area (Å²) in [6.45, 7) is 2.04. The van der Waals surface area contributed by atoms with Crippen molar-refractivity contribution in [2.75, 3.05) is 11.9 Å². The van der Waals surface area contributed by atoms with Crippen molar-refractivity contribution < 1.29 is 23.5 Å². The van der Waals surface area contributed by atoms with Gasteiger partial charge in [0.15, 0.2) is 5.78 Å². The predicted molar refractivity (Wildman–Crippen MR) is 111 cm³/mol. The Kier molecular flexibility index (Phi) is 5.53. The molecule has 2 heterocycles. The Bertz CT molecular complexity index is 1070. The summed E-state index contributed by atoms with van der Waals surface area (Å²) in [4.78, 5) is 40.5. The number of carbonyl (C=O) groups is 3. The first kappa shape index (κ1) is 20.1. The number of aromatic amines is 1. The van der Waals surface area contributed by atoms with Crippen molar-refractivity contribution in [2.45, 2.75) is 45.4 Å². The standard InChI is InChI=1S/C23H23FN2O4/c1-2-30-21(28)10-8-14-19(25-18-5-3-4-6-20(27)22(14)18)12-16-15-11-13(24)7-9-17(15)26-23(16)29/h7,9,11-12,25H,2-6,8,10H2,1H3,(H,26,29). The Hall–Kier alpha value is -3.22. The summed E-state index contributed by atoms with van der Waals surface area (Å²) < 4.78 is 18.8. The van der Waals surface area contributed by atoms with Crippen molar-refractivity contribution in [3.8, 4) is 0 Å². The molecule has 0 unspecified atom stereocenters. The van der Waals surface area contributed by atoms with Crippen molar-refractivity contribution in [3.05, 3.63) is 52.1 Å². The maximum Gasteiger partial charge on any atom is 0.306 e. The number of Topliss-reactive ketones (excluding diaryl/α,β-unsaturated/α-hetero) is 1. The van der Waals surface area contributed by atoms with Gasteiger partial charge >= 0.3 is 5.97 Å². The molecule has 2 aliphatic rings. The average molecular weight is 410 g/mol. The van der Waals surface area contributed by atoms with Gasteiger partial charge in [-0.1, -0.05) is 0 Å². The second kappa shape index (κ2) is 8.26. The number of hydrogen-bond acceptors (Lipinski definition) is 4. The zero-order valence-corrected chi connectivity index (χ0v) is 16.8. The van der Waals surface area contributed by atoms with Crippen molar-refractivity contribution in [2.24, 2.45) is 0 Å². The highest BCUT2D eigenvalue weighted by molar-refractivity contribution is 6.35. The molecule has 0 spiro atoms. The minimum absolute atomic E-state index is 0.0459. The van der Waals surface area contributed by atoms with Crippen LogP contribution < -0.4 is 5.32 Å². The molecule has 1 aliphatic carbocycles. The van der Waals surface area contributed by atoms with E-state index in [0.29, 0.717) is 47.5 Å². The molecule has 1 aliphatic heterocycles. The molecule has 1 amide bonds. The summed E-state index contributed by atoms with van der Waals surface area (Å²) in [6, 6.07) is 4.14. The third-order valence-electron chi connectivity index (χ3n) is 5.51. The number of halogens is 1. The Morgan fingerprint density at radius 1 is 1.23 bits per heavy atom. The fourth-order valence-corrected chi connectivity index (χ4v) is 4.14. The number of hydrogen-bond donors (Lipinski definition) is 2. The second-order valence-corrected chi connectivity index (χ2v) is 7.51. The molecular formula is C23H23FN2O4. The van der Waals surface area contributed by atoms with Gasteiger partial charge in [-0.3, -0.25) is 14.4 Å². The van der Waals surface area contributed by atoms with Crippen LogP contribution in [0.5, 0.6) is 0 Å². The summed E-state index contributed by atoms with van der Waals surface area (Å²) in [5.41, 5.74) is 4.14. The van der Waals surface area contributed by atoms with Crippen LogP contribution in [0, 0.1) is 5.82 Å². The van der Waals surface area contributed by atoms with Crippen LogP contribution in [0.3, 0.4) is 0 Å². The van der Waals surface area contributed by atoms with Crippen LogP contribution in [0.25, 0.3) is 11.6 Å². The summed E-state index contributed by atoms with van der Waals surface area (Å²) in [7, 11) is 0. The number of fused-ring (bicyclic) bond motifs is 2. The first-order chi connectivity index (χ1) is 14.5. The third-order valence-corrected chi connectivity index (χ3v) is 5.51. The molecule has 7 heteroatoms. The Morgan fingerprint density at radius 2 is 2.03 bits per heavy atom. The van der Waals surface area contributed by atoms with E-state index in [1.54, 1.807) is 13.0 Å². The number of rotatable bonds is 5. The number of ketones is 1. The van der Waals surface area contributed by atoms with Gasteiger partial charge in [-0.15, -0.1) is 0 Å². The number of ether oxygens (including phenoxy) is 1. The molecule has 0 saturated heterocycles. The highest BCUT2D eigenvalue weighted by atomic mass is 19.1. The largest absolute Gasteiger partial charge is 0.466 e. The average Bonchev–Trinajstić information content (AvgIpc) is 3.14. The molecule has 156 valence electrons. The number of carbonyl (C=O) groups excluding carboxylic acids is 3. The van der Waals surface area contributed by atoms with E-state index >= 15 is 0 Å². The minimum Gasteiger partial charge on any atom is -0.466 e. The second-order valence-electron chi connectivity index (χ2n) is 7.51. The molecule has 2 aromatic rings. The maximum atomic E-state index is 13.8. The van der Waals surface area contributed by atoms with Gasteiger partial charge in [0.1, 0.15) is 5.82 Å². The molecule has 0 saturated carbocycles. The number of esters is 1. The fraction of sp³-hybridized carbons (Fsp3) is 0.348. The van der Waals surface area contributed by atoms with Gasteiger partial charge in [0, 0.05) is 41.0 Å². The molecule has 0 atom stereocenters. The smallest absolute Gasteiger partial charge is 0.306 e. The number of H-pyrrole nitrogens is 1. The topological polar surface area (TPSA) is 88.3 Å². The van der Waals surface area contributed by atoms with Crippen LogP contribution in [0.1, 0.15) is 65.5 Å². The molecular weight excluding hydrogens is 387 g/mol. The number of benzene rings is 1. The molecule has 1 aromatic carbocycles. The first-order valence-corrected chi connectivity index (χ1v) is 10.2. The van der Waals surface area contributed by atoms with E-state index in [-0.39, 0.29) is 24.1 Å². The highest BCUT2D eigenvalue weighted by Gasteiger charge is 2.28. The number of amides is 1. The first-order valence-electron chi connectivity index (χ1n) is 10.2. The summed E-state index contributed by atoms with van der Waals surface area (Å²) in [5, 5.41) is 2.73. The lowest BCUT2D eigenvalue weighted by atomic mass is 9.97. The van der Waals surface area contributed by atoms with Gasteiger partial charge in [-0.05, 0) is 62.4 Å². The van der Waals surface area contributed by atoms with Gasteiger partial charge in [0.05, 0.1) is 12.2 Å². The normalized spacial score (nSPS) is 16.8. The molecule has 0 radical (unpaired) electrons. The summed E-state index contributed by atoms with van der Waals surface area (Å²) in [5.74, 6) is -1.05. The van der Waals surface area contributed by atoms with Gasteiger partial charge < -0.3 is 15.0 Å². The van der Waals surface area contributed by atoms with Crippen molar-refractivity contribution in [1.82, 2.24) is 4.98 Å². The van der Waals surface area contributed by atoms with E-state index in [1.807, 2.05) is 0 Å². The predicted octanol–water partition coefficient (Wildman–Crippen LogP) is 4.05. The van der Waals surface area contributed by atoms with Gasteiger partial charge in [0.25, 0.3) is 5.91 Å². The van der Waals surface area contributed by atoms with Crippen LogP contribution in [-0.2, 0) is 27.2 Å². The molecule has 1 aromatic heterocycles. The molecule has 0 bridgehead atoms. The van der Waals surface area contributed by atoms with Crippen LogP contribution >= 0.6 is 0 Å². The molecule has 2 N–H and O–H groups in total. The summed E-state index contributed by atoms with van der Waals surface area (Å²) in [6.07, 6.45) is 5.02. The quantitative estimate of drug-likeness (QED) is 0.442. The van der Waals surface area contributed by atoms with Crippen LogP contribution in [0.4, 0.5) is 10.1 Å². The number of aromatic nitrogens is 1. The van der Waals surface area contributed by atoms with E-state index in [4.69, 9.17) is 4.74 Å². The molecule has 0 fully saturated rings. The van der Waals surface area contributed by atoms with Crippen molar-refractivity contribution in [3.63, 3.8) is 0 Å². The number of nitrogens with one attached hydrogen (secondary N) is 2. The molecule has 4 rings (SSSR count). The van der Waals surface area contributed by atoms with E-state index < -0.39 is 5.82 Å². The molecule has 30 heavy (non-hydrogen) atoms. The van der Waals surface area contributed by atoms with Crippen LogP contribution in [-0.4, -0.2) is 29.3 Å². The lowest BCUT2D eigenvalue weighted by Crippen LogP contribution is -2.08. The maximum absolute atomic E-state index is 13.8. The Morgan fingerprint density at radius 3 is 2.83 bits per heavy atom. The fourth-order valence-electron chi connectivity index (χ4n) is 4.14. The SMILES string of the molecule is CCOC(=O)CCc1c(C=C2C(=O)Nc3ccc(F)cc32)[nH]c2c1C(=O)CCCC2. The van der Waals surface area contributed by atoms with E-state index in [2.05, 4.69) is 10.3 Å². The molecule has 6 nitrogen and oxygen atoms in total. The summed E-state index contributed by atoms with van der Waals surface area (Å²) >= 11 is 0. The van der Waals surface area contributed by atoms with Gasteiger partial charge in [0.2, 0.25) is 0 Å². The Labute approximate surface area is 173 Å². The van der Waals surface area contributed by atoms with E-state index in [0.717, 1.165) is 30.5 Å². The van der Waals surface area contributed by atoms with Crippen molar-refractivity contribution >= 4 is 35.0 Å². The van der Waals surface area contributed by atoms with E-state index in [9.17, 15) is 18.8 Å². The zero-order valence-electron chi connectivity index (χ0n) is 16.8. The highest BCUT2D eigenvalue weighted by Crippen LogP contribution is 2.35. The number of aryl methyl sites for hydroxylation is 1. The number of anilines is 1. The third kappa shape index (κ3) is 3.79. The zero-order chi connectivity index (χ0) is 21.3.